The van der Waals surface area contributed by atoms with Gasteiger partial charge in [-0.1, -0.05) is 11.6 Å². The Bertz CT molecular complexity index is 1140. The molecule has 3 aliphatic heterocycles. The average molecular weight is 502 g/mol. The van der Waals surface area contributed by atoms with Crippen LogP contribution in [0.1, 0.15) is 11.7 Å². The number of aliphatic hydroxyl groups excluding tert-OH is 1. The number of allylic oxidation sites excluding steroid dienone is 1. The maximum atomic E-state index is 11.1. The van der Waals surface area contributed by atoms with Crippen molar-refractivity contribution in [2.75, 3.05) is 46.4 Å². The molecule has 1 fully saturated rings. The zero-order chi connectivity index (χ0) is 23.5. The van der Waals surface area contributed by atoms with E-state index in [9.17, 15) is 5.11 Å². The predicted molar refractivity (Wildman–Crippen MR) is 135 cm³/mol. The zero-order valence-corrected chi connectivity index (χ0v) is 20.5. The minimum absolute atomic E-state index is 0.0540. The summed E-state index contributed by atoms with van der Waals surface area (Å²) in [4.78, 5) is 6.62. The van der Waals surface area contributed by atoms with Gasteiger partial charge in [0.25, 0.3) is 0 Å². The highest BCUT2D eigenvalue weighted by Crippen LogP contribution is 2.33. The van der Waals surface area contributed by atoms with Gasteiger partial charge >= 0.3 is 0 Å². The van der Waals surface area contributed by atoms with E-state index in [4.69, 9.17) is 21.1 Å². The number of nitrogens with one attached hydrogen (secondary N) is 2. The number of methoxy groups -OCH3 is 1. The van der Waals surface area contributed by atoms with Crippen molar-refractivity contribution in [3.05, 3.63) is 70.8 Å². The fourth-order valence-electron chi connectivity index (χ4n) is 4.41. The fourth-order valence-corrected chi connectivity index (χ4v) is 5.31. The van der Waals surface area contributed by atoms with Gasteiger partial charge < -0.3 is 24.6 Å². The summed E-state index contributed by atoms with van der Waals surface area (Å²) in [6, 6.07) is 5.61. The van der Waals surface area contributed by atoms with Crippen LogP contribution in [-0.4, -0.2) is 71.8 Å². The van der Waals surface area contributed by atoms with Crippen molar-refractivity contribution in [2.45, 2.75) is 12.2 Å². The highest BCUT2D eigenvalue weighted by Gasteiger charge is 2.25. The minimum Gasteiger partial charge on any atom is -0.497 e. The standard InChI is InChI=1S/C24H28ClN5O3S/c1-32-18-2-3-22-20(9-18)24(21(25)13-27-22)23(31)15-29-6-7-33-19(14-29)12-26-10-16-4-5-30-17(8-16)11-28-34-30/h2-5,8-9,11,13,19,23,26,28,31H,6-7,10,12,14-15H2,1H3. The van der Waals surface area contributed by atoms with E-state index in [0.717, 1.165) is 42.8 Å². The summed E-state index contributed by atoms with van der Waals surface area (Å²) in [6.45, 7) is 4.12. The number of rotatable bonds is 8. The molecule has 0 aliphatic carbocycles. The second kappa shape index (κ2) is 10.6. The molecule has 3 N–H and O–H groups in total. The summed E-state index contributed by atoms with van der Waals surface area (Å²) in [7, 11) is 1.62. The van der Waals surface area contributed by atoms with Crippen LogP contribution in [0.5, 0.6) is 5.75 Å². The van der Waals surface area contributed by atoms with Crippen LogP contribution in [0.4, 0.5) is 0 Å². The maximum Gasteiger partial charge on any atom is 0.119 e. The van der Waals surface area contributed by atoms with E-state index < -0.39 is 6.10 Å². The number of morpholine rings is 1. The molecule has 34 heavy (non-hydrogen) atoms. The molecule has 0 saturated carbocycles. The number of aliphatic hydroxyl groups is 1. The molecule has 0 spiro atoms. The lowest BCUT2D eigenvalue weighted by molar-refractivity contribution is -0.0390. The van der Waals surface area contributed by atoms with Crippen LogP contribution in [0.25, 0.3) is 10.9 Å². The van der Waals surface area contributed by atoms with Gasteiger partial charge in [-0.15, -0.1) is 0 Å². The molecule has 1 aromatic carbocycles. The third kappa shape index (κ3) is 5.19. The van der Waals surface area contributed by atoms with Crippen LogP contribution in [0.3, 0.4) is 0 Å². The predicted octanol–water partition coefficient (Wildman–Crippen LogP) is 2.98. The number of pyridine rings is 1. The topological polar surface area (TPSA) is 82.1 Å². The third-order valence-corrected chi connectivity index (χ3v) is 7.18. The van der Waals surface area contributed by atoms with E-state index in [0.29, 0.717) is 29.5 Å². The SMILES string of the molecule is COc1ccc2ncc(Cl)c(C(O)CN3CCOC(CNCC4=CC5=CNSN5C=C4)C3)c2c1. The molecule has 1 aromatic heterocycles. The van der Waals surface area contributed by atoms with E-state index in [2.05, 4.69) is 42.6 Å². The largest absolute Gasteiger partial charge is 0.497 e. The number of benzene rings is 1. The Morgan fingerprint density at radius 2 is 2.35 bits per heavy atom. The number of aromatic nitrogens is 1. The van der Waals surface area contributed by atoms with Crippen LogP contribution < -0.4 is 14.8 Å². The molecule has 2 aromatic rings. The van der Waals surface area contributed by atoms with Gasteiger partial charge in [0.05, 0.1) is 54.3 Å². The lowest BCUT2D eigenvalue weighted by atomic mass is 10.0. The second-order valence-corrected chi connectivity index (χ2v) is 9.66. The van der Waals surface area contributed by atoms with Gasteiger partial charge in [0.2, 0.25) is 0 Å². The number of nitrogens with zero attached hydrogens (tertiary/aromatic N) is 3. The van der Waals surface area contributed by atoms with Gasteiger partial charge in [-0.3, -0.25) is 14.2 Å². The summed E-state index contributed by atoms with van der Waals surface area (Å²) in [6.07, 6.45) is 9.26. The Kier molecular flexibility index (Phi) is 7.29. The van der Waals surface area contributed by atoms with Crippen LogP contribution in [0, 0.1) is 0 Å². The molecule has 10 heteroatoms. The summed E-state index contributed by atoms with van der Waals surface area (Å²) < 4.78 is 16.6. The first-order chi connectivity index (χ1) is 16.6. The highest BCUT2D eigenvalue weighted by molar-refractivity contribution is 7.95. The van der Waals surface area contributed by atoms with E-state index >= 15 is 0 Å². The van der Waals surface area contributed by atoms with E-state index in [1.165, 1.54) is 5.57 Å². The van der Waals surface area contributed by atoms with Crippen LogP contribution in [0.2, 0.25) is 5.02 Å². The van der Waals surface area contributed by atoms with Crippen LogP contribution >= 0.6 is 23.7 Å². The quantitative estimate of drug-likeness (QED) is 0.473. The van der Waals surface area contributed by atoms with Crippen molar-refractivity contribution >= 4 is 34.6 Å². The number of fused-ring (bicyclic) bond motifs is 2. The molecule has 2 atom stereocenters. The maximum absolute atomic E-state index is 11.1. The molecule has 8 nitrogen and oxygen atoms in total. The monoisotopic (exact) mass is 501 g/mol. The molecule has 1 saturated heterocycles. The van der Waals surface area contributed by atoms with Gasteiger partial charge in [-0.2, -0.15) is 0 Å². The third-order valence-electron chi connectivity index (χ3n) is 6.13. The van der Waals surface area contributed by atoms with Crippen molar-refractivity contribution < 1.29 is 14.6 Å². The van der Waals surface area contributed by atoms with Gasteiger partial charge in [0.15, 0.2) is 0 Å². The Hall–Kier alpha value is -2.27. The van der Waals surface area contributed by atoms with Crippen molar-refractivity contribution in [1.82, 2.24) is 24.2 Å². The number of hydrogen-bond acceptors (Lipinski definition) is 9. The van der Waals surface area contributed by atoms with Gasteiger partial charge in [0.1, 0.15) is 5.75 Å². The van der Waals surface area contributed by atoms with E-state index in [1.54, 1.807) is 25.4 Å². The molecule has 180 valence electrons. The van der Waals surface area contributed by atoms with Crippen molar-refractivity contribution in [3.63, 3.8) is 0 Å². The van der Waals surface area contributed by atoms with Gasteiger partial charge in [-0.05, 0) is 35.9 Å². The lowest BCUT2D eigenvalue weighted by Gasteiger charge is -2.34. The fraction of sp³-hybridized carbons (Fsp3) is 0.375. The molecule has 5 rings (SSSR count). The number of β-amino-alcohol motifs (C(OH)–C–C–N with tert-alkyl or cyclic N) is 1. The van der Waals surface area contributed by atoms with Crippen LogP contribution in [-0.2, 0) is 4.74 Å². The van der Waals surface area contributed by atoms with Crippen molar-refractivity contribution in [1.29, 1.82) is 0 Å². The normalized spacial score (nSPS) is 21.1. The lowest BCUT2D eigenvalue weighted by Crippen LogP contribution is -2.48. The summed E-state index contributed by atoms with van der Waals surface area (Å²) in [5.74, 6) is 0.706. The van der Waals surface area contributed by atoms with Crippen molar-refractivity contribution in [3.8, 4) is 5.75 Å². The average Bonchev–Trinajstić information content (AvgIpc) is 3.32. The Labute approximate surface area is 208 Å². The molecule has 0 radical (unpaired) electrons. The second-order valence-electron chi connectivity index (χ2n) is 8.44. The number of halogens is 1. The first-order valence-corrected chi connectivity index (χ1v) is 12.4. The molecule has 2 unspecified atom stereocenters. The smallest absolute Gasteiger partial charge is 0.119 e. The first kappa shape index (κ1) is 23.5. The van der Waals surface area contributed by atoms with Crippen LogP contribution in [0.15, 0.2) is 60.2 Å². The molecular weight excluding hydrogens is 474 g/mol. The number of ether oxygens (including phenoxy) is 2. The van der Waals surface area contributed by atoms with E-state index in [-0.39, 0.29) is 6.10 Å². The molecule has 4 heterocycles. The summed E-state index contributed by atoms with van der Waals surface area (Å²) in [5, 5.41) is 15.9. The molecule has 0 bridgehead atoms. The van der Waals surface area contributed by atoms with Crippen molar-refractivity contribution in [2.24, 2.45) is 0 Å². The zero-order valence-electron chi connectivity index (χ0n) is 18.9. The molecular formula is C24H28ClN5O3S. The minimum atomic E-state index is -0.747. The summed E-state index contributed by atoms with van der Waals surface area (Å²) >= 11 is 8.03. The Morgan fingerprint density at radius 1 is 1.44 bits per heavy atom. The highest BCUT2D eigenvalue weighted by atomic mass is 35.5. The molecule has 3 aliphatic rings. The molecule has 0 amide bonds. The summed E-state index contributed by atoms with van der Waals surface area (Å²) in [5.41, 5.74) is 3.84. The van der Waals surface area contributed by atoms with Gasteiger partial charge in [0, 0.05) is 62.3 Å². The van der Waals surface area contributed by atoms with Gasteiger partial charge in [-0.25, -0.2) is 0 Å². The first-order valence-electron chi connectivity index (χ1n) is 11.3. The Morgan fingerprint density at radius 3 is 3.24 bits per heavy atom. The van der Waals surface area contributed by atoms with E-state index in [1.807, 2.05) is 24.4 Å². The Balaban J connectivity index is 1.18. The number of hydrogen-bond donors (Lipinski definition) is 3.